The normalized spacial score (nSPS) is 12.8. The largest absolute Gasteiger partial charge is 0.435 e. The molecule has 18 nitrogen and oxygen atoms in total. The van der Waals surface area contributed by atoms with Crippen LogP contribution in [0.5, 0.6) is 0 Å². The first-order valence-electron chi connectivity index (χ1n) is 38.9. The molecule has 5 amide bonds. The number of alkyl halides is 5. The zero-order valence-electron chi connectivity index (χ0n) is 67.1. The molecule has 6 aromatic heterocycles. The molecule has 0 saturated carbocycles. The lowest BCUT2D eigenvalue weighted by Crippen LogP contribution is -2.34. The van der Waals surface area contributed by atoms with Crippen molar-refractivity contribution in [2.24, 2.45) is 5.73 Å². The van der Waals surface area contributed by atoms with E-state index >= 15 is 0 Å². The highest BCUT2D eigenvalue weighted by atomic mass is 19.4. The molecule has 8 aromatic carbocycles. The van der Waals surface area contributed by atoms with E-state index in [9.17, 15) is 94.2 Å². The summed E-state index contributed by atoms with van der Waals surface area (Å²) in [5.41, 5.74) is 9.38. The fraction of sp³-hybridized carbons (Fsp3) is 0.172. The highest BCUT2D eigenvalue weighted by Gasteiger charge is 2.52. The van der Waals surface area contributed by atoms with Gasteiger partial charge in [0.05, 0.1) is 64.7 Å². The molecule has 34 heteroatoms. The topological polar surface area (TPSA) is 260 Å². The minimum atomic E-state index is -5.19. The number of fused-ring (bicyclic) bond motifs is 3. The van der Waals surface area contributed by atoms with Crippen molar-refractivity contribution in [1.29, 1.82) is 0 Å². The highest BCUT2D eigenvalue weighted by Crippen LogP contribution is 2.48. The zero-order valence-corrected chi connectivity index (χ0v) is 67.1. The SMILES string of the molecule is C=C(N)c1cc(-c2cccnc2[C@H](Cc2cc(F)cc(F)c2)NC(=O)Cn2nc(C(F)(F)F)c3c2CCC3(F)F)ccc1F.CNC(=O)c1cc(-c2cccnc2[C@H](Cc2cc(F)cc(F)c2)NC(=O)Cc2c[nH]c3cc(F)c(F)cc23)ccc1F.CNC(=O)c1cc(-c2cccnc2[C@H](Cc2cc(F)cc(F)c2)NC(=O)Cc2c[nH]c3cccc(C)c23)ccc1F. The van der Waals surface area contributed by atoms with Gasteiger partial charge in [-0.05, 0) is 186 Å². The number of halogens is 16. The summed E-state index contributed by atoms with van der Waals surface area (Å²) < 4.78 is 225. The number of carbonyl (C=O) groups excluding carboxylic acids is 5. The van der Waals surface area contributed by atoms with Gasteiger partial charge in [-0.1, -0.05) is 55.1 Å². The summed E-state index contributed by atoms with van der Waals surface area (Å²) >= 11 is 0. The predicted molar refractivity (Wildman–Crippen MR) is 440 cm³/mol. The molecule has 0 spiro atoms. The fourth-order valence-corrected chi connectivity index (χ4v) is 15.3. The van der Waals surface area contributed by atoms with Gasteiger partial charge in [0.25, 0.3) is 17.7 Å². The van der Waals surface area contributed by atoms with Gasteiger partial charge >= 0.3 is 6.18 Å². The lowest BCUT2D eigenvalue weighted by atomic mass is 9.94. The molecule has 0 saturated heterocycles. The van der Waals surface area contributed by atoms with E-state index in [-0.39, 0.29) is 82.9 Å². The van der Waals surface area contributed by atoms with Gasteiger partial charge < -0.3 is 42.3 Å². The van der Waals surface area contributed by atoms with Crippen LogP contribution in [0.15, 0.2) is 213 Å². The van der Waals surface area contributed by atoms with Crippen LogP contribution < -0.4 is 32.3 Å². The Hall–Kier alpha value is -14.7. The number of nitrogens with one attached hydrogen (secondary N) is 7. The van der Waals surface area contributed by atoms with Crippen molar-refractivity contribution in [2.75, 3.05) is 14.1 Å². The Balaban J connectivity index is 0.000000163. The third-order valence-electron chi connectivity index (χ3n) is 20.9. The first-order valence-corrected chi connectivity index (χ1v) is 38.9. The number of benzene rings is 8. The average molecular weight is 1760 g/mol. The third kappa shape index (κ3) is 21.0. The maximum atomic E-state index is 14.4. The number of amides is 5. The molecule has 0 fully saturated rings. The Morgan fingerprint density at radius 3 is 1.32 bits per heavy atom. The molecule has 6 heterocycles. The van der Waals surface area contributed by atoms with E-state index in [0.29, 0.717) is 71.9 Å². The van der Waals surface area contributed by atoms with Crippen molar-refractivity contribution in [3.05, 3.63) is 362 Å². The summed E-state index contributed by atoms with van der Waals surface area (Å²) in [7, 11) is 2.77. The minimum Gasteiger partial charge on any atom is -0.399 e. The van der Waals surface area contributed by atoms with E-state index in [4.69, 9.17) is 5.73 Å². The Bertz CT molecular complexity index is 6530. The van der Waals surface area contributed by atoms with Crippen LogP contribution in [0, 0.1) is 70.9 Å². The van der Waals surface area contributed by atoms with Gasteiger partial charge in [0.1, 0.15) is 58.9 Å². The van der Waals surface area contributed by atoms with Gasteiger partial charge in [-0.2, -0.15) is 18.3 Å². The van der Waals surface area contributed by atoms with E-state index in [2.05, 4.69) is 63.2 Å². The number of nitrogens with zero attached hydrogens (tertiary/aromatic N) is 5. The Labute approximate surface area is 712 Å². The molecule has 9 N–H and O–H groups in total. The lowest BCUT2D eigenvalue weighted by molar-refractivity contribution is -0.145. The average Bonchev–Trinajstić information content (AvgIpc) is 1.58. The first-order chi connectivity index (χ1) is 60.5. The van der Waals surface area contributed by atoms with Crippen molar-refractivity contribution < 1.29 is 94.2 Å². The number of aromatic amines is 2. The molecule has 652 valence electrons. The number of H-pyrrole nitrogens is 2. The summed E-state index contributed by atoms with van der Waals surface area (Å²) in [6.07, 6.45) is 0.652. The Morgan fingerprint density at radius 1 is 0.488 bits per heavy atom. The molecule has 0 unspecified atom stereocenters. The number of aromatic nitrogens is 7. The molecule has 0 radical (unpaired) electrons. The second-order valence-corrected chi connectivity index (χ2v) is 29.7. The number of nitrogens with two attached hydrogens (primary N) is 1. The second-order valence-electron chi connectivity index (χ2n) is 29.7. The van der Waals surface area contributed by atoms with Crippen LogP contribution in [0.3, 0.4) is 0 Å². The summed E-state index contributed by atoms with van der Waals surface area (Å²) in [5, 5.41) is 17.8. The number of hydrogen-bond acceptors (Lipinski definition) is 10. The van der Waals surface area contributed by atoms with Crippen LogP contribution in [0.25, 0.3) is 60.9 Å². The molecule has 14 aromatic rings. The van der Waals surface area contributed by atoms with Gasteiger partial charge in [-0.25, -0.2) is 57.1 Å². The van der Waals surface area contributed by atoms with Gasteiger partial charge in [-0.3, -0.25) is 43.6 Å². The second kappa shape index (κ2) is 38.2. The van der Waals surface area contributed by atoms with Crippen LogP contribution >= 0.6 is 0 Å². The Morgan fingerprint density at radius 2 is 0.890 bits per heavy atom. The van der Waals surface area contributed by atoms with E-state index in [0.717, 1.165) is 82.7 Å². The van der Waals surface area contributed by atoms with Crippen molar-refractivity contribution in [3.8, 4) is 33.4 Å². The van der Waals surface area contributed by atoms with Gasteiger partial charge in [0.2, 0.25) is 17.7 Å². The highest BCUT2D eigenvalue weighted by molar-refractivity contribution is 5.97. The monoisotopic (exact) mass is 1760 g/mol. The molecule has 3 atom stereocenters. The quantitative estimate of drug-likeness (QED) is 0.0265. The minimum absolute atomic E-state index is 0.00472. The molecule has 127 heavy (non-hydrogen) atoms. The molecule has 0 bridgehead atoms. The van der Waals surface area contributed by atoms with Gasteiger partial charge in [-0.15, -0.1) is 0 Å². The number of carbonyl (C=O) groups is 5. The maximum absolute atomic E-state index is 14.4. The summed E-state index contributed by atoms with van der Waals surface area (Å²) in [5.74, 6) is -15.9. The molecule has 1 aliphatic carbocycles. The standard InChI is InChI=1S/C32H27F3N4O2.C31H23F5N4O2.C30H23F8N5O/c1-18-5-3-7-27-30(18)21(17-38-27)15-29(40)39-28(13-19-11-22(33)16-23(34)12-19)31-24(6-4-10-37-31)20-8-9-26(35)25(14-20)32(41)36-2;1-37-31(42)23-10-17(4-5-24(23)34)21-3-2-6-38-30(21)28(9-16-7-19(32)12-20(33)8-16)40-29(41)11-18-15-39-27-14-26(36)25(35)13-22(18)27;1-15(39)21-12-17(4-5-22(21)33)20-3-2-8-40-27(20)23(11-16-9-18(31)13-19(32)10-16)41-25(44)14-43-24-6-7-29(34,35)26(24)28(42-43)30(36,37)38/h3-12,14,16-17,28,38H,13,15H2,1-2H3,(H,36,41)(H,39,40);2-8,10,12-15,28,39H,9,11H2,1H3,(H,37,42)(H,40,41);2-5,8-10,12-13,23H,1,6-7,11,14,39H2,(H,41,44)/t2*28-;23-/m000/s1. The Kier molecular flexibility index (Phi) is 27.1. The summed E-state index contributed by atoms with van der Waals surface area (Å²) in [6, 6.07) is 35.6. The van der Waals surface area contributed by atoms with Crippen molar-refractivity contribution in [2.45, 2.75) is 88.6 Å². The number of aryl methyl sites for hydroxylation is 1. The van der Waals surface area contributed by atoms with E-state index in [1.54, 1.807) is 42.6 Å². The van der Waals surface area contributed by atoms with E-state index < -0.39 is 154 Å². The van der Waals surface area contributed by atoms with Crippen LogP contribution in [-0.4, -0.2) is 78.3 Å². The van der Waals surface area contributed by atoms with Crippen molar-refractivity contribution in [3.63, 3.8) is 0 Å². The van der Waals surface area contributed by atoms with Crippen molar-refractivity contribution in [1.82, 2.24) is 61.3 Å². The fourth-order valence-electron chi connectivity index (χ4n) is 15.3. The smallest absolute Gasteiger partial charge is 0.399 e. The van der Waals surface area contributed by atoms with Gasteiger partial charge in [0, 0.05) is 131 Å². The van der Waals surface area contributed by atoms with Crippen molar-refractivity contribution >= 4 is 57.0 Å². The predicted octanol–water partition coefficient (Wildman–Crippen LogP) is 18.3. The van der Waals surface area contributed by atoms with Crippen LogP contribution in [0.4, 0.5) is 70.2 Å². The lowest BCUT2D eigenvalue weighted by Gasteiger charge is -2.22. The third-order valence-corrected chi connectivity index (χ3v) is 20.9. The molecular weight excluding hydrogens is 1680 g/mol. The number of hydrogen-bond donors (Lipinski definition) is 8. The van der Waals surface area contributed by atoms with Gasteiger partial charge in [0.15, 0.2) is 17.3 Å². The maximum Gasteiger partial charge on any atom is 0.435 e. The first kappa shape index (κ1) is 90.0. The zero-order chi connectivity index (χ0) is 91.0. The molecule has 15 rings (SSSR count). The van der Waals surface area contributed by atoms with Crippen LogP contribution in [-0.2, 0) is 71.6 Å². The molecular formula is C93H73F16N13O5. The van der Waals surface area contributed by atoms with E-state index in [1.807, 2.05) is 25.1 Å². The molecule has 1 aliphatic rings. The number of pyridine rings is 3. The summed E-state index contributed by atoms with van der Waals surface area (Å²) in [4.78, 5) is 83.8. The summed E-state index contributed by atoms with van der Waals surface area (Å²) in [6.45, 7) is 4.65. The van der Waals surface area contributed by atoms with Crippen LogP contribution in [0.1, 0.15) is 118 Å². The molecule has 0 aliphatic heterocycles. The van der Waals surface area contributed by atoms with E-state index in [1.165, 1.54) is 93.5 Å². The van der Waals surface area contributed by atoms with Crippen LogP contribution in [0.2, 0.25) is 0 Å². The number of rotatable bonds is 24.